The maximum absolute atomic E-state index is 13.1. The van der Waals surface area contributed by atoms with Gasteiger partial charge in [0, 0.05) is 10.6 Å². The fraction of sp³-hybridized carbons (Fsp3) is 0. The number of nitrogens with two attached hydrogens (primary N) is 1. The van der Waals surface area contributed by atoms with Crippen molar-refractivity contribution in [3.8, 4) is 6.07 Å². The van der Waals surface area contributed by atoms with E-state index in [2.05, 4.69) is 20.3 Å². The van der Waals surface area contributed by atoms with Crippen molar-refractivity contribution in [1.29, 1.82) is 5.26 Å². The third-order valence-electron chi connectivity index (χ3n) is 3.00. The second-order valence-electron chi connectivity index (χ2n) is 4.79. The molecule has 0 aliphatic heterocycles. The maximum atomic E-state index is 13.1. The van der Waals surface area contributed by atoms with Gasteiger partial charge in [-0.15, -0.1) is 0 Å². The zero-order chi connectivity index (χ0) is 17.8. The van der Waals surface area contributed by atoms with Crippen molar-refractivity contribution in [3.05, 3.63) is 58.9 Å². The highest BCUT2D eigenvalue weighted by Gasteiger charge is 2.10. The molecule has 0 saturated heterocycles. The summed E-state index contributed by atoms with van der Waals surface area (Å²) in [6, 6.07) is 12.9. The predicted octanol–water partition coefficient (Wildman–Crippen LogP) is 4.01. The molecule has 0 amide bonds. The number of nitriles is 1. The van der Waals surface area contributed by atoms with Crippen LogP contribution in [-0.4, -0.2) is 15.0 Å². The summed E-state index contributed by atoms with van der Waals surface area (Å²) < 4.78 is 13.1. The fourth-order valence-electron chi connectivity index (χ4n) is 1.89. The molecule has 25 heavy (non-hydrogen) atoms. The number of nitrogens with one attached hydrogen (secondary N) is 1. The molecule has 0 unspecified atom stereocenters. The molecule has 2 aromatic carbocycles. The second kappa shape index (κ2) is 7.34. The van der Waals surface area contributed by atoms with Crippen molar-refractivity contribution < 1.29 is 4.39 Å². The lowest BCUT2D eigenvalue weighted by atomic mass is 10.2. The van der Waals surface area contributed by atoms with E-state index < -0.39 is 5.82 Å². The van der Waals surface area contributed by atoms with Gasteiger partial charge in [0.1, 0.15) is 5.82 Å². The highest BCUT2D eigenvalue weighted by Crippen LogP contribution is 2.32. The molecule has 1 heterocycles. The second-order valence-corrected chi connectivity index (χ2v) is 6.21. The standard InChI is InChI=1S/C16H10ClFN6S/c17-12-7-10(18)3-6-13(12)25-16-23-14(20)22-15(24-16)21-11-4-1-9(8-19)2-5-11/h1-7H,(H3,20,21,22,23,24). The van der Waals surface area contributed by atoms with Crippen LogP contribution in [0.15, 0.2) is 52.5 Å². The zero-order valence-corrected chi connectivity index (χ0v) is 14.1. The van der Waals surface area contributed by atoms with Crippen LogP contribution in [0, 0.1) is 17.1 Å². The quantitative estimate of drug-likeness (QED) is 0.713. The Morgan fingerprint density at radius 3 is 2.56 bits per heavy atom. The Kier molecular flexibility index (Phi) is 4.97. The molecule has 124 valence electrons. The number of anilines is 3. The van der Waals surface area contributed by atoms with Gasteiger partial charge in [-0.3, -0.25) is 0 Å². The van der Waals surface area contributed by atoms with Gasteiger partial charge in [0.15, 0.2) is 5.16 Å². The van der Waals surface area contributed by atoms with Gasteiger partial charge < -0.3 is 11.1 Å². The number of nitrogen functional groups attached to an aromatic ring is 1. The molecule has 3 N–H and O–H groups in total. The molecule has 6 nitrogen and oxygen atoms in total. The Morgan fingerprint density at radius 1 is 1.12 bits per heavy atom. The summed E-state index contributed by atoms with van der Waals surface area (Å²) in [5.41, 5.74) is 6.96. The number of halogens is 2. The van der Waals surface area contributed by atoms with Crippen LogP contribution in [0.25, 0.3) is 0 Å². The van der Waals surface area contributed by atoms with Crippen LogP contribution in [0.3, 0.4) is 0 Å². The smallest absolute Gasteiger partial charge is 0.233 e. The summed E-state index contributed by atoms with van der Waals surface area (Å²) in [5.74, 6) is -0.141. The van der Waals surface area contributed by atoms with E-state index in [0.717, 1.165) is 11.8 Å². The number of benzene rings is 2. The Morgan fingerprint density at radius 2 is 1.88 bits per heavy atom. The van der Waals surface area contributed by atoms with Gasteiger partial charge in [-0.1, -0.05) is 11.6 Å². The number of hydrogen-bond donors (Lipinski definition) is 2. The topological polar surface area (TPSA) is 101 Å². The van der Waals surface area contributed by atoms with Crippen molar-refractivity contribution in [2.24, 2.45) is 0 Å². The van der Waals surface area contributed by atoms with Crippen molar-refractivity contribution in [2.75, 3.05) is 11.1 Å². The third kappa shape index (κ3) is 4.35. The molecule has 0 saturated carbocycles. The fourth-order valence-corrected chi connectivity index (χ4v) is 2.93. The first kappa shape index (κ1) is 17.0. The molecule has 0 spiro atoms. The molecule has 0 atom stereocenters. The van der Waals surface area contributed by atoms with Gasteiger partial charge in [-0.25, -0.2) is 4.39 Å². The Hall–Kier alpha value is -2.89. The van der Waals surface area contributed by atoms with Crippen molar-refractivity contribution in [3.63, 3.8) is 0 Å². The van der Waals surface area contributed by atoms with E-state index in [9.17, 15) is 4.39 Å². The van der Waals surface area contributed by atoms with Crippen molar-refractivity contribution >= 4 is 40.9 Å². The summed E-state index contributed by atoms with van der Waals surface area (Å²) in [7, 11) is 0. The first-order valence-electron chi connectivity index (χ1n) is 6.95. The normalized spacial score (nSPS) is 10.3. The maximum Gasteiger partial charge on any atom is 0.233 e. The van der Waals surface area contributed by atoms with Crippen molar-refractivity contribution in [1.82, 2.24) is 15.0 Å². The molecule has 1 aromatic heterocycles. The molecule has 0 aliphatic carbocycles. The first-order valence-corrected chi connectivity index (χ1v) is 8.14. The van der Waals surface area contributed by atoms with E-state index in [0.29, 0.717) is 21.3 Å². The van der Waals surface area contributed by atoms with Gasteiger partial charge in [0.2, 0.25) is 11.9 Å². The Labute approximate surface area is 151 Å². The van der Waals surface area contributed by atoms with Crippen LogP contribution in [0.2, 0.25) is 5.02 Å². The molecule has 0 fully saturated rings. The lowest BCUT2D eigenvalue weighted by molar-refractivity contribution is 0.626. The van der Waals surface area contributed by atoms with Crippen LogP contribution in [0.1, 0.15) is 5.56 Å². The minimum absolute atomic E-state index is 0.0341. The van der Waals surface area contributed by atoms with E-state index in [4.69, 9.17) is 22.6 Å². The summed E-state index contributed by atoms with van der Waals surface area (Å²) in [5, 5.41) is 12.4. The molecule has 9 heteroatoms. The average molecular weight is 373 g/mol. The minimum atomic E-state index is -0.423. The van der Waals surface area contributed by atoms with Crippen LogP contribution < -0.4 is 11.1 Å². The molecular weight excluding hydrogens is 363 g/mol. The minimum Gasteiger partial charge on any atom is -0.368 e. The monoisotopic (exact) mass is 372 g/mol. The summed E-state index contributed by atoms with van der Waals surface area (Å²) in [6.07, 6.45) is 0. The van der Waals surface area contributed by atoms with E-state index in [1.54, 1.807) is 24.3 Å². The van der Waals surface area contributed by atoms with Crippen LogP contribution in [0.4, 0.5) is 22.0 Å². The average Bonchev–Trinajstić information content (AvgIpc) is 2.58. The van der Waals surface area contributed by atoms with E-state index >= 15 is 0 Å². The number of hydrogen-bond acceptors (Lipinski definition) is 7. The molecule has 0 aliphatic rings. The Balaban J connectivity index is 1.83. The molecule has 0 radical (unpaired) electrons. The van der Waals surface area contributed by atoms with Gasteiger partial charge in [0.25, 0.3) is 0 Å². The summed E-state index contributed by atoms with van der Waals surface area (Å²) >= 11 is 7.16. The zero-order valence-electron chi connectivity index (χ0n) is 12.6. The summed E-state index contributed by atoms with van der Waals surface area (Å²) in [4.78, 5) is 12.9. The SMILES string of the molecule is N#Cc1ccc(Nc2nc(N)nc(Sc3ccc(F)cc3Cl)n2)cc1. The molecule has 0 bridgehead atoms. The van der Waals surface area contributed by atoms with Crippen LogP contribution >= 0.6 is 23.4 Å². The highest BCUT2D eigenvalue weighted by atomic mass is 35.5. The molecular formula is C16H10ClFN6S. The van der Waals surface area contributed by atoms with E-state index in [1.165, 1.54) is 18.2 Å². The number of nitrogens with zero attached hydrogens (tertiary/aromatic N) is 4. The molecule has 3 aromatic rings. The van der Waals surface area contributed by atoms with Gasteiger partial charge >= 0.3 is 0 Å². The highest BCUT2D eigenvalue weighted by molar-refractivity contribution is 7.99. The lowest BCUT2D eigenvalue weighted by Gasteiger charge is -2.08. The van der Waals surface area contributed by atoms with Gasteiger partial charge in [-0.2, -0.15) is 20.2 Å². The molecule has 3 rings (SSSR count). The predicted molar refractivity (Wildman–Crippen MR) is 94.2 cm³/mol. The van der Waals surface area contributed by atoms with Crippen LogP contribution in [0.5, 0.6) is 0 Å². The van der Waals surface area contributed by atoms with Crippen molar-refractivity contribution in [2.45, 2.75) is 10.1 Å². The van der Waals surface area contributed by atoms with E-state index in [-0.39, 0.29) is 16.9 Å². The first-order chi connectivity index (χ1) is 12.0. The van der Waals surface area contributed by atoms with Crippen LogP contribution in [-0.2, 0) is 0 Å². The van der Waals surface area contributed by atoms with Gasteiger partial charge in [-0.05, 0) is 54.2 Å². The van der Waals surface area contributed by atoms with Gasteiger partial charge in [0.05, 0.1) is 16.7 Å². The Bertz CT molecular complexity index is 958. The number of aromatic nitrogens is 3. The third-order valence-corrected chi connectivity index (χ3v) is 4.36. The largest absolute Gasteiger partial charge is 0.368 e. The number of rotatable bonds is 4. The van der Waals surface area contributed by atoms with E-state index in [1.807, 2.05) is 6.07 Å². The summed E-state index contributed by atoms with van der Waals surface area (Å²) in [6.45, 7) is 0. The lowest BCUT2D eigenvalue weighted by Crippen LogP contribution is -2.04.